The first-order chi connectivity index (χ1) is 26.1. The average molecular weight is 750 g/mol. The van der Waals surface area contributed by atoms with Crippen LogP contribution in [0.25, 0.3) is 11.1 Å². The topological polar surface area (TPSA) is 74.3 Å². The summed E-state index contributed by atoms with van der Waals surface area (Å²) in [6.07, 6.45) is 3.92. The quantitative estimate of drug-likeness (QED) is 0.0926. The van der Waals surface area contributed by atoms with E-state index in [0.717, 1.165) is 47.5 Å². The summed E-state index contributed by atoms with van der Waals surface area (Å²) in [5, 5.41) is 11.9. The van der Waals surface area contributed by atoms with Crippen molar-refractivity contribution < 1.29 is 41.3 Å². The first kappa shape index (κ1) is 38.1. The number of ether oxygens (including phenoxy) is 2. The summed E-state index contributed by atoms with van der Waals surface area (Å²) in [4.78, 5) is 17.7. The predicted octanol–water partition coefficient (Wildman–Crippen LogP) is 7.82. The summed E-state index contributed by atoms with van der Waals surface area (Å²) in [5.74, 6) is -12.4. The van der Waals surface area contributed by atoms with Crippen molar-refractivity contribution in [2.45, 2.75) is 70.3 Å². The number of benzene rings is 4. The van der Waals surface area contributed by atoms with Crippen molar-refractivity contribution in [3.8, 4) is 11.1 Å². The van der Waals surface area contributed by atoms with Gasteiger partial charge in [-0.3, -0.25) is 9.69 Å². The number of rotatable bonds is 11. The van der Waals surface area contributed by atoms with E-state index in [-0.39, 0.29) is 31.3 Å². The van der Waals surface area contributed by atoms with E-state index in [1.54, 1.807) is 18.2 Å². The number of carbonyl (C=O) groups is 1. The molecule has 3 fully saturated rings. The van der Waals surface area contributed by atoms with E-state index in [0.29, 0.717) is 11.6 Å². The summed E-state index contributed by atoms with van der Waals surface area (Å²) in [7, 11) is 0. The predicted molar refractivity (Wildman–Crippen MR) is 193 cm³/mol. The first-order valence-electron chi connectivity index (χ1n) is 18.6. The molecule has 2 N–H and O–H groups in total. The van der Waals surface area contributed by atoms with Crippen LogP contribution in [0.3, 0.4) is 0 Å². The summed E-state index contributed by atoms with van der Waals surface area (Å²) >= 11 is 0. The maximum atomic E-state index is 14.2. The number of hydrogen-bond donors (Lipinski definition) is 2. The third kappa shape index (κ3) is 8.08. The van der Waals surface area contributed by atoms with Crippen LogP contribution in [0, 0.1) is 35.0 Å². The Morgan fingerprint density at radius 3 is 2.11 bits per heavy atom. The highest BCUT2D eigenvalue weighted by atomic mass is 19.2. The van der Waals surface area contributed by atoms with E-state index in [2.05, 4.69) is 22.0 Å². The second-order valence-corrected chi connectivity index (χ2v) is 14.6. The lowest BCUT2D eigenvalue weighted by molar-refractivity contribution is -0.276. The Bertz CT molecular complexity index is 1910. The molecule has 3 heterocycles. The number of nitrogens with one attached hydrogen (secondary N) is 1. The number of aliphatic hydroxyl groups excluding tert-OH is 1. The Balaban J connectivity index is 1.07. The van der Waals surface area contributed by atoms with Gasteiger partial charge in [-0.2, -0.15) is 0 Å². The number of carbonyl (C=O) groups excluding carboxylic acids is 1. The van der Waals surface area contributed by atoms with Crippen LogP contribution in [0.4, 0.5) is 22.0 Å². The largest absolute Gasteiger partial charge is 0.392 e. The van der Waals surface area contributed by atoms with Crippen LogP contribution in [0.15, 0.2) is 72.8 Å². The van der Waals surface area contributed by atoms with Gasteiger partial charge in [0.05, 0.1) is 18.8 Å². The second-order valence-electron chi connectivity index (χ2n) is 14.6. The Hall–Kier alpha value is -4.20. The minimum atomic E-state index is -2.33. The van der Waals surface area contributed by atoms with Gasteiger partial charge >= 0.3 is 0 Å². The van der Waals surface area contributed by atoms with Crippen LogP contribution < -0.4 is 5.32 Å². The highest BCUT2D eigenvalue weighted by molar-refractivity contribution is 5.94. The van der Waals surface area contributed by atoms with Crippen molar-refractivity contribution in [1.29, 1.82) is 0 Å². The minimum Gasteiger partial charge on any atom is -0.392 e. The van der Waals surface area contributed by atoms with Gasteiger partial charge in [0.25, 0.3) is 5.91 Å². The molecule has 0 aromatic heterocycles. The molecule has 3 saturated heterocycles. The fraction of sp³-hybridized carbons (Fsp3) is 0.405. The van der Waals surface area contributed by atoms with E-state index in [1.807, 2.05) is 54.6 Å². The molecule has 0 spiro atoms. The zero-order valence-corrected chi connectivity index (χ0v) is 30.0. The van der Waals surface area contributed by atoms with E-state index in [1.165, 1.54) is 38.8 Å². The van der Waals surface area contributed by atoms with E-state index >= 15 is 0 Å². The number of amides is 1. The zero-order chi connectivity index (χ0) is 37.9. The van der Waals surface area contributed by atoms with Crippen molar-refractivity contribution in [2.75, 3.05) is 32.7 Å². The lowest BCUT2D eigenvalue weighted by Crippen LogP contribution is -2.48. The molecular weight excluding hydrogens is 705 g/mol. The fourth-order valence-corrected chi connectivity index (χ4v) is 7.93. The maximum Gasteiger partial charge on any atom is 0.257 e. The highest BCUT2D eigenvalue weighted by Crippen LogP contribution is 2.42. The van der Waals surface area contributed by atoms with E-state index in [4.69, 9.17) is 9.47 Å². The highest BCUT2D eigenvalue weighted by Gasteiger charge is 2.41. The lowest BCUT2D eigenvalue weighted by atomic mass is 9.89. The fourth-order valence-electron chi connectivity index (χ4n) is 7.93. The standard InChI is InChI=1S/C42H44F5N3O4/c1-25-33(23-50-19-5-8-32(50)22-49-17-2-3-18-49)53-42(54-40(25)29-11-9-26(24-51)10-12-29)30-15-13-28(14-16-30)31-7-4-6-27(20-31)21-48-41(52)34-35(43)37(45)39(47)38(46)36(34)44/h4,6-7,9-16,20,25,32-33,40,42,51H,2-3,5,8,17-19,21-24H2,1H3,(H,48,52). The SMILES string of the molecule is CC1C(CN2CCCC2CN2CCCC2)OC(c2ccc(-c3cccc(CNC(=O)c4c(F)c(F)c(F)c(F)c4F)c3)cc2)OC1c1ccc(CO)cc1. The molecule has 12 heteroatoms. The molecule has 0 aliphatic carbocycles. The molecule has 7 rings (SSSR count). The van der Waals surface area contributed by atoms with Crippen LogP contribution in [0.5, 0.6) is 0 Å². The molecule has 286 valence electrons. The molecule has 0 bridgehead atoms. The van der Waals surface area contributed by atoms with Gasteiger partial charge in [-0.25, -0.2) is 22.0 Å². The number of aliphatic hydroxyl groups is 1. The molecule has 4 aromatic rings. The molecule has 5 atom stereocenters. The Morgan fingerprint density at radius 2 is 1.43 bits per heavy atom. The zero-order valence-electron chi connectivity index (χ0n) is 30.0. The van der Waals surface area contributed by atoms with Gasteiger partial charge in [0.15, 0.2) is 29.6 Å². The van der Waals surface area contributed by atoms with Crippen LogP contribution >= 0.6 is 0 Å². The molecule has 7 nitrogen and oxygen atoms in total. The van der Waals surface area contributed by atoms with Gasteiger partial charge in [-0.1, -0.05) is 73.7 Å². The Labute approximate surface area is 311 Å². The number of hydrogen-bond acceptors (Lipinski definition) is 6. The van der Waals surface area contributed by atoms with Gasteiger partial charge in [0.2, 0.25) is 5.82 Å². The molecule has 3 aliphatic heterocycles. The molecule has 5 unspecified atom stereocenters. The van der Waals surface area contributed by atoms with Crippen LogP contribution in [0.2, 0.25) is 0 Å². The Morgan fingerprint density at radius 1 is 0.759 bits per heavy atom. The van der Waals surface area contributed by atoms with Gasteiger partial charge in [0, 0.05) is 37.2 Å². The molecule has 0 saturated carbocycles. The summed E-state index contributed by atoms with van der Waals surface area (Å²) < 4.78 is 82.6. The van der Waals surface area contributed by atoms with E-state index < -0.39 is 46.8 Å². The normalized spacial score (nSPS) is 23.6. The number of likely N-dealkylation sites (tertiary alicyclic amines) is 2. The van der Waals surface area contributed by atoms with Gasteiger partial charge in [-0.15, -0.1) is 0 Å². The van der Waals surface area contributed by atoms with Crippen LogP contribution in [-0.4, -0.2) is 65.7 Å². The van der Waals surface area contributed by atoms with Crippen molar-refractivity contribution in [3.63, 3.8) is 0 Å². The third-order valence-electron chi connectivity index (χ3n) is 11.0. The maximum absolute atomic E-state index is 14.2. The van der Waals surface area contributed by atoms with Gasteiger partial charge < -0.3 is 24.8 Å². The number of nitrogens with zero attached hydrogens (tertiary/aromatic N) is 2. The van der Waals surface area contributed by atoms with Crippen molar-refractivity contribution >= 4 is 5.91 Å². The van der Waals surface area contributed by atoms with Crippen molar-refractivity contribution in [3.05, 3.63) is 130 Å². The molecular formula is C42H44F5N3O4. The molecule has 1 amide bonds. The molecule has 54 heavy (non-hydrogen) atoms. The first-order valence-corrected chi connectivity index (χ1v) is 18.6. The molecule has 4 aromatic carbocycles. The third-order valence-corrected chi connectivity index (χ3v) is 11.0. The van der Waals surface area contributed by atoms with Crippen LogP contribution in [-0.2, 0) is 22.6 Å². The monoisotopic (exact) mass is 749 g/mol. The van der Waals surface area contributed by atoms with Crippen LogP contribution in [0.1, 0.15) is 77.6 Å². The summed E-state index contributed by atoms with van der Waals surface area (Å²) in [6, 6.07) is 23.2. The minimum absolute atomic E-state index is 0.0363. The van der Waals surface area contributed by atoms with Gasteiger partial charge in [0.1, 0.15) is 5.56 Å². The van der Waals surface area contributed by atoms with Crippen molar-refractivity contribution in [1.82, 2.24) is 15.1 Å². The lowest BCUT2D eigenvalue weighted by Gasteiger charge is -2.43. The number of halogens is 5. The van der Waals surface area contributed by atoms with Crippen molar-refractivity contribution in [2.24, 2.45) is 5.92 Å². The Kier molecular flexibility index (Phi) is 11.8. The average Bonchev–Trinajstić information content (AvgIpc) is 3.89. The summed E-state index contributed by atoms with van der Waals surface area (Å²) in [6.45, 7) is 7.20. The second kappa shape index (κ2) is 16.7. The van der Waals surface area contributed by atoms with E-state index in [9.17, 15) is 31.9 Å². The summed E-state index contributed by atoms with van der Waals surface area (Å²) in [5.41, 5.74) is 3.32. The smallest absolute Gasteiger partial charge is 0.257 e. The molecule has 3 aliphatic rings. The molecule has 0 radical (unpaired) electrons. The van der Waals surface area contributed by atoms with Gasteiger partial charge in [-0.05, 0) is 79.2 Å².